The monoisotopic (exact) mass is 1190 g/mol. The molecule has 7 fully saturated rings. The summed E-state index contributed by atoms with van der Waals surface area (Å²) in [6.45, 7) is -6.03. The highest BCUT2D eigenvalue weighted by Gasteiger charge is 2.59. The third kappa shape index (κ3) is 13.9. The fourth-order valence-electron chi connectivity index (χ4n) is 10.4. The van der Waals surface area contributed by atoms with Gasteiger partial charge in [0.15, 0.2) is 44.0 Å². The van der Waals surface area contributed by atoms with Crippen molar-refractivity contribution in [3.63, 3.8) is 0 Å². The van der Waals surface area contributed by atoms with Gasteiger partial charge in [-0.2, -0.15) is 0 Å². The van der Waals surface area contributed by atoms with Crippen LogP contribution >= 0.6 is 0 Å². The SMILES string of the molecule is CC(=O)N[C@H]1[C@H](O[C@H]2[C@@H](O)[C@@H](CO)O[C@H](O[C@H]3[C@@H](O)[C@@H](CO)O[C@H](O[C@H]4[C@@H](O)[C@@H](CO)O[C@H](O[C@H]5[C@@H](O)[C@@H](CO)O[C@H](O[C@@H]6[C@H](O)[C@@H](O)[C@H](O[C@H]7[C@H](O)[C@@H](O)C(O)O[C@@H]7CO)O[C@@H]6CO)[C@@H]5O)[C@@H]4O)[C@@H]3O)[C@@H]2O)O[C@H](CO)[C@H](O)[C@@H]1O. The largest absolute Gasteiger partial charge is 0.394 e. The van der Waals surface area contributed by atoms with Gasteiger partial charge in [-0.25, -0.2) is 0 Å². The van der Waals surface area contributed by atoms with Crippen molar-refractivity contribution in [3.05, 3.63) is 0 Å². The number of hydrogen-bond acceptors (Lipinski definition) is 36. The Kier molecular flexibility index (Phi) is 23.6. The zero-order valence-electron chi connectivity index (χ0n) is 42.7. The second-order valence-corrected chi connectivity index (χ2v) is 20.3. The number of carbonyl (C=O) groups is 1. The second kappa shape index (κ2) is 28.7. The standard InChI is InChI=1S/C44H75NO36/c1-9(53)45-17-23(59)18(54)10(2-46)70-39(17)78-34-19(55)11(3-47)72-42(28(34)64)80-36-21(57)13(5-49)74-44(30(36)66)81-37-22(58)14(6-50)73-43(31(37)67)79-35-20(56)12(4-48)71-41(29(35)65)77-33-16(8-52)75-40(27(63)25(33)61)76-32-15(7-51)69-38(68)26(62)24(32)60/h10-44,46-52,54-68H,2-8H2,1H3,(H,45,53)/t10-,11-,12-,13-,14-,15-,16-,17-,18+,19+,20+,21+,22+,23-,24-,25-,26-,27-,28-,29-,30-,31-,32-,33+,34+,35+,36+,37+,38?,39+,40+,41-,42-,43-,44-/m1/s1. The van der Waals surface area contributed by atoms with Crippen LogP contribution in [0.25, 0.3) is 0 Å². The molecule has 7 saturated heterocycles. The molecule has 35 atom stereocenters. The summed E-state index contributed by atoms with van der Waals surface area (Å²) in [5, 5.41) is 239. The van der Waals surface area contributed by atoms with E-state index in [1.54, 1.807) is 0 Å². The van der Waals surface area contributed by atoms with Gasteiger partial charge in [-0.15, -0.1) is 0 Å². The minimum Gasteiger partial charge on any atom is -0.394 e. The smallest absolute Gasteiger partial charge is 0.217 e. The Morgan fingerprint density at radius 2 is 0.556 bits per heavy atom. The predicted octanol–water partition coefficient (Wildman–Crippen LogP) is -16.1. The summed E-state index contributed by atoms with van der Waals surface area (Å²) in [5.74, 6) is -0.769. The van der Waals surface area contributed by atoms with Gasteiger partial charge in [0, 0.05) is 6.92 Å². The number of hydrogen-bond donors (Lipinski definition) is 23. The van der Waals surface area contributed by atoms with Gasteiger partial charge in [0.05, 0.1) is 46.2 Å². The molecule has 7 aliphatic heterocycles. The van der Waals surface area contributed by atoms with Gasteiger partial charge in [-0.05, 0) is 0 Å². The number of nitrogens with one attached hydrogen (secondary N) is 1. The van der Waals surface area contributed by atoms with E-state index in [1.165, 1.54) is 0 Å². The molecule has 7 rings (SSSR count). The van der Waals surface area contributed by atoms with Crippen molar-refractivity contribution in [2.24, 2.45) is 0 Å². The first-order valence-electron chi connectivity index (χ1n) is 25.6. The minimum absolute atomic E-state index is 0.769. The third-order valence-electron chi connectivity index (χ3n) is 14.9. The lowest BCUT2D eigenvalue weighted by Gasteiger charge is -2.50. The second-order valence-electron chi connectivity index (χ2n) is 20.3. The average Bonchev–Trinajstić information content (AvgIpc) is 3.56. The van der Waals surface area contributed by atoms with Crippen LogP contribution in [-0.2, 0) is 66.4 Å². The highest BCUT2D eigenvalue weighted by atomic mass is 16.8. The summed E-state index contributed by atoms with van der Waals surface area (Å²) in [4.78, 5) is 12.1. The van der Waals surface area contributed by atoms with Crippen LogP contribution in [0.5, 0.6) is 0 Å². The summed E-state index contributed by atoms with van der Waals surface area (Å²) in [6.07, 6.45) is -67.4. The Hall–Kier alpha value is -1.93. The van der Waals surface area contributed by atoms with E-state index < -0.39 is 267 Å². The van der Waals surface area contributed by atoms with Crippen LogP contribution in [0.2, 0.25) is 0 Å². The van der Waals surface area contributed by atoms with Gasteiger partial charge >= 0.3 is 0 Å². The molecule has 0 aromatic heterocycles. The number of aliphatic hydroxyl groups is 22. The molecule has 0 bridgehead atoms. The number of ether oxygens (including phenoxy) is 13. The molecule has 7 aliphatic rings. The topological polar surface area (TPSA) is 594 Å². The van der Waals surface area contributed by atoms with Crippen molar-refractivity contribution in [1.82, 2.24) is 5.32 Å². The maximum absolute atomic E-state index is 12.1. The summed E-state index contributed by atoms with van der Waals surface area (Å²) < 4.78 is 72.9. The maximum Gasteiger partial charge on any atom is 0.217 e. The molecule has 0 saturated carbocycles. The van der Waals surface area contributed by atoms with E-state index in [4.69, 9.17) is 61.6 Å². The van der Waals surface area contributed by atoms with Gasteiger partial charge in [0.2, 0.25) is 5.91 Å². The molecule has 0 aliphatic carbocycles. The van der Waals surface area contributed by atoms with Crippen LogP contribution in [-0.4, -0.2) is 379 Å². The van der Waals surface area contributed by atoms with Crippen LogP contribution in [0.15, 0.2) is 0 Å². The van der Waals surface area contributed by atoms with Crippen molar-refractivity contribution in [2.75, 3.05) is 46.2 Å². The lowest BCUT2D eigenvalue weighted by Crippen LogP contribution is -2.69. The lowest BCUT2D eigenvalue weighted by molar-refractivity contribution is -0.399. The first-order chi connectivity index (χ1) is 38.4. The van der Waals surface area contributed by atoms with Gasteiger partial charge in [-0.3, -0.25) is 4.79 Å². The lowest BCUT2D eigenvalue weighted by atomic mass is 9.94. The summed E-state index contributed by atoms with van der Waals surface area (Å²) >= 11 is 0. The Labute approximate surface area is 457 Å². The third-order valence-corrected chi connectivity index (χ3v) is 14.9. The molecule has 37 nitrogen and oxygen atoms in total. The summed E-state index contributed by atoms with van der Waals surface area (Å²) in [5.41, 5.74) is 0. The van der Waals surface area contributed by atoms with Crippen molar-refractivity contribution in [3.8, 4) is 0 Å². The summed E-state index contributed by atoms with van der Waals surface area (Å²) in [6, 6.07) is -1.61. The number of amides is 1. The van der Waals surface area contributed by atoms with Crippen molar-refractivity contribution in [2.45, 2.75) is 222 Å². The molecule has 7 heterocycles. The number of aliphatic hydroxyl groups excluding tert-OH is 22. The average molecular weight is 1190 g/mol. The Balaban J connectivity index is 1.05. The zero-order valence-corrected chi connectivity index (χ0v) is 42.7. The van der Waals surface area contributed by atoms with E-state index >= 15 is 0 Å². The highest BCUT2D eigenvalue weighted by molar-refractivity contribution is 5.73. The van der Waals surface area contributed by atoms with Crippen LogP contribution in [0.3, 0.4) is 0 Å². The zero-order chi connectivity index (χ0) is 59.6. The van der Waals surface area contributed by atoms with Gasteiger partial charge in [-0.1, -0.05) is 0 Å². The molecule has 0 radical (unpaired) electrons. The molecule has 0 aromatic rings. The van der Waals surface area contributed by atoms with Crippen LogP contribution in [0, 0.1) is 0 Å². The van der Waals surface area contributed by atoms with E-state index in [-0.39, 0.29) is 0 Å². The molecule has 0 spiro atoms. The fourth-order valence-corrected chi connectivity index (χ4v) is 10.4. The van der Waals surface area contributed by atoms with E-state index in [1.807, 2.05) is 0 Å². The van der Waals surface area contributed by atoms with Gasteiger partial charge < -0.3 is 179 Å². The van der Waals surface area contributed by atoms with Crippen LogP contribution in [0.1, 0.15) is 6.92 Å². The first-order valence-corrected chi connectivity index (χ1v) is 25.6. The number of carbonyl (C=O) groups excluding carboxylic acids is 1. The predicted molar refractivity (Wildman–Crippen MR) is 243 cm³/mol. The molecule has 37 heteroatoms. The molecule has 0 aromatic carbocycles. The van der Waals surface area contributed by atoms with Crippen LogP contribution < -0.4 is 5.32 Å². The molecular formula is C44H75NO36. The van der Waals surface area contributed by atoms with E-state index in [9.17, 15) is 117 Å². The first kappa shape index (κ1) is 66.6. The molecule has 472 valence electrons. The van der Waals surface area contributed by atoms with E-state index in [0.717, 1.165) is 6.92 Å². The molecule has 1 unspecified atom stereocenters. The van der Waals surface area contributed by atoms with Crippen molar-refractivity contribution in [1.29, 1.82) is 0 Å². The Bertz CT molecular complexity index is 1940. The van der Waals surface area contributed by atoms with E-state index in [0.29, 0.717) is 0 Å². The van der Waals surface area contributed by atoms with Crippen molar-refractivity contribution >= 4 is 5.91 Å². The van der Waals surface area contributed by atoms with Gasteiger partial charge in [0.1, 0.15) is 171 Å². The molecular weight excluding hydrogens is 1120 g/mol. The molecule has 1 amide bonds. The maximum atomic E-state index is 12.1. The molecule has 23 N–H and O–H groups in total. The van der Waals surface area contributed by atoms with E-state index in [2.05, 4.69) is 5.32 Å². The minimum atomic E-state index is -2.32. The Morgan fingerprint density at radius 3 is 0.889 bits per heavy atom. The van der Waals surface area contributed by atoms with Gasteiger partial charge in [0.25, 0.3) is 0 Å². The number of rotatable bonds is 20. The van der Waals surface area contributed by atoms with Crippen LogP contribution in [0.4, 0.5) is 0 Å². The molecule has 81 heavy (non-hydrogen) atoms. The summed E-state index contributed by atoms with van der Waals surface area (Å²) in [7, 11) is 0. The van der Waals surface area contributed by atoms with Crippen molar-refractivity contribution < 1.29 is 179 Å². The Morgan fingerprint density at radius 1 is 0.296 bits per heavy atom. The normalized spacial score (nSPS) is 51.9. The highest BCUT2D eigenvalue weighted by Crippen LogP contribution is 2.38. The fraction of sp³-hybridized carbons (Fsp3) is 0.977. The quantitative estimate of drug-likeness (QED) is 0.0538.